The summed E-state index contributed by atoms with van der Waals surface area (Å²) in [4.78, 5) is 27.6. The molecule has 1 heterocycles. The third-order valence-electron chi connectivity index (χ3n) is 4.49. The van der Waals surface area contributed by atoms with Gasteiger partial charge in [0.1, 0.15) is 6.61 Å². The molecule has 8 heteroatoms. The average Bonchev–Trinajstić information content (AvgIpc) is 2.72. The second kappa shape index (κ2) is 8.33. The summed E-state index contributed by atoms with van der Waals surface area (Å²) in [6.45, 7) is 1.37. The molecule has 0 radical (unpaired) electrons. The lowest BCUT2D eigenvalue weighted by molar-refractivity contribution is -0.137. The van der Waals surface area contributed by atoms with Crippen LogP contribution < -0.4 is 0 Å². The van der Waals surface area contributed by atoms with E-state index in [2.05, 4.69) is 0 Å². The Labute approximate surface area is 160 Å². The maximum atomic E-state index is 12.6. The molecule has 1 aliphatic rings. The summed E-state index contributed by atoms with van der Waals surface area (Å²) in [5.74, 6) is -0.356. The molecule has 1 fully saturated rings. The first-order valence-electron chi connectivity index (χ1n) is 8.77. The molecule has 5 nitrogen and oxygen atoms in total. The number of nitrogens with zero attached hydrogens (tertiary/aromatic N) is 2. The predicted molar refractivity (Wildman–Crippen MR) is 95.5 cm³/mol. The molecule has 0 atom stereocenters. The fourth-order valence-electron chi connectivity index (χ4n) is 2.89. The van der Waals surface area contributed by atoms with Crippen LogP contribution >= 0.6 is 0 Å². The van der Waals surface area contributed by atoms with Crippen LogP contribution in [-0.4, -0.2) is 48.0 Å². The van der Waals surface area contributed by atoms with Crippen molar-refractivity contribution in [3.63, 3.8) is 0 Å². The Balaban J connectivity index is 1.50. The molecule has 1 aliphatic heterocycles. The molecule has 0 N–H and O–H groups in total. The summed E-state index contributed by atoms with van der Waals surface area (Å²) < 4.78 is 43.1. The number of carbonyl (C=O) groups excluding carboxylic acids is 2. The Bertz CT molecular complexity index is 815. The molecule has 2 amide bonds. The molecule has 0 spiro atoms. The largest absolute Gasteiger partial charge is 0.445 e. The quantitative estimate of drug-likeness (QED) is 0.799. The van der Waals surface area contributed by atoms with Crippen LogP contribution in [0.2, 0.25) is 0 Å². The Morgan fingerprint density at radius 1 is 0.857 bits per heavy atom. The minimum atomic E-state index is -4.44. The van der Waals surface area contributed by atoms with Gasteiger partial charge in [-0.25, -0.2) is 4.79 Å². The summed E-state index contributed by atoms with van der Waals surface area (Å²) in [5.41, 5.74) is 0.273. The molecule has 0 aliphatic carbocycles. The SMILES string of the molecule is O=C(OCc1ccccc1)N1CCN(C(=O)c2ccc(C(F)(F)F)cc2)CC1. The van der Waals surface area contributed by atoms with Crippen LogP contribution in [0.4, 0.5) is 18.0 Å². The Morgan fingerprint density at radius 2 is 1.43 bits per heavy atom. The van der Waals surface area contributed by atoms with Gasteiger partial charge in [-0.1, -0.05) is 30.3 Å². The molecule has 0 unspecified atom stereocenters. The van der Waals surface area contributed by atoms with Crippen LogP contribution in [0.5, 0.6) is 0 Å². The maximum absolute atomic E-state index is 12.6. The second-order valence-corrected chi connectivity index (χ2v) is 6.39. The summed E-state index contributed by atoms with van der Waals surface area (Å²) >= 11 is 0. The van der Waals surface area contributed by atoms with Crippen molar-refractivity contribution in [2.24, 2.45) is 0 Å². The van der Waals surface area contributed by atoms with Gasteiger partial charge < -0.3 is 14.5 Å². The van der Waals surface area contributed by atoms with E-state index in [0.29, 0.717) is 26.2 Å². The zero-order valence-corrected chi connectivity index (χ0v) is 15.0. The van der Waals surface area contributed by atoms with Gasteiger partial charge in [0.2, 0.25) is 0 Å². The van der Waals surface area contributed by atoms with Crippen molar-refractivity contribution in [2.75, 3.05) is 26.2 Å². The summed E-state index contributed by atoms with van der Waals surface area (Å²) in [6, 6.07) is 13.4. The molecule has 0 bridgehead atoms. The van der Waals surface area contributed by atoms with E-state index in [1.807, 2.05) is 30.3 Å². The van der Waals surface area contributed by atoms with Gasteiger partial charge in [-0.05, 0) is 29.8 Å². The molecule has 28 heavy (non-hydrogen) atoms. The molecule has 0 aromatic heterocycles. The van der Waals surface area contributed by atoms with E-state index in [4.69, 9.17) is 4.74 Å². The fraction of sp³-hybridized carbons (Fsp3) is 0.300. The van der Waals surface area contributed by atoms with Crippen LogP contribution in [0, 0.1) is 0 Å². The van der Waals surface area contributed by atoms with Crippen molar-refractivity contribution in [1.82, 2.24) is 9.80 Å². The highest BCUT2D eigenvalue weighted by Gasteiger charge is 2.31. The fourth-order valence-corrected chi connectivity index (χ4v) is 2.89. The van der Waals surface area contributed by atoms with Gasteiger partial charge in [-0.15, -0.1) is 0 Å². The lowest BCUT2D eigenvalue weighted by atomic mass is 10.1. The maximum Gasteiger partial charge on any atom is 0.416 e. The third kappa shape index (κ3) is 4.82. The number of hydrogen-bond donors (Lipinski definition) is 0. The zero-order valence-electron chi connectivity index (χ0n) is 15.0. The van der Waals surface area contributed by atoms with E-state index in [0.717, 1.165) is 17.7 Å². The number of piperazine rings is 1. The van der Waals surface area contributed by atoms with Gasteiger partial charge in [0.05, 0.1) is 5.56 Å². The van der Waals surface area contributed by atoms with Gasteiger partial charge in [-0.2, -0.15) is 13.2 Å². The van der Waals surface area contributed by atoms with Crippen LogP contribution in [0.3, 0.4) is 0 Å². The Hall–Kier alpha value is -3.03. The molecule has 2 aromatic rings. The van der Waals surface area contributed by atoms with Crippen molar-refractivity contribution in [3.05, 3.63) is 71.3 Å². The number of rotatable bonds is 3. The van der Waals surface area contributed by atoms with Crippen molar-refractivity contribution < 1.29 is 27.5 Å². The highest BCUT2D eigenvalue weighted by atomic mass is 19.4. The minimum Gasteiger partial charge on any atom is -0.445 e. The number of amides is 2. The van der Waals surface area contributed by atoms with Gasteiger partial charge in [-0.3, -0.25) is 4.79 Å². The van der Waals surface area contributed by atoms with Crippen molar-refractivity contribution in [3.8, 4) is 0 Å². The third-order valence-corrected chi connectivity index (χ3v) is 4.49. The molecule has 0 saturated carbocycles. The number of ether oxygens (including phenoxy) is 1. The first-order valence-corrected chi connectivity index (χ1v) is 8.77. The van der Waals surface area contributed by atoms with E-state index in [1.165, 1.54) is 21.9 Å². The van der Waals surface area contributed by atoms with Crippen molar-refractivity contribution in [1.29, 1.82) is 0 Å². The van der Waals surface area contributed by atoms with Gasteiger partial charge in [0.15, 0.2) is 0 Å². The topological polar surface area (TPSA) is 49.9 Å². The standard InChI is InChI=1S/C20H19F3N2O3/c21-20(22,23)17-8-6-16(7-9-17)18(26)24-10-12-25(13-11-24)19(27)28-14-15-4-2-1-3-5-15/h1-9H,10-14H2. The normalized spacial score (nSPS) is 14.7. The van der Waals surface area contributed by atoms with E-state index in [9.17, 15) is 22.8 Å². The smallest absolute Gasteiger partial charge is 0.416 e. The molecule has 2 aromatic carbocycles. The van der Waals surface area contributed by atoms with E-state index in [1.54, 1.807) is 0 Å². The highest BCUT2D eigenvalue weighted by Crippen LogP contribution is 2.29. The predicted octanol–water partition coefficient (Wildman–Crippen LogP) is 3.80. The lowest BCUT2D eigenvalue weighted by Crippen LogP contribution is -2.50. The summed E-state index contributed by atoms with van der Waals surface area (Å²) in [5, 5.41) is 0. The average molecular weight is 392 g/mol. The second-order valence-electron chi connectivity index (χ2n) is 6.39. The van der Waals surface area contributed by atoms with E-state index < -0.39 is 17.8 Å². The molecular weight excluding hydrogens is 373 g/mol. The van der Waals surface area contributed by atoms with Gasteiger partial charge >= 0.3 is 12.3 Å². The Kier molecular flexibility index (Phi) is 5.87. The first-order chi connectivity index (χ1) is 13.3. The van der Waals surface area contributed by atoms with Crippen LogP contribution in [0.25, 0.3) is 0 Å². The number of alkyl halides is 3. The van der Waals surface area contributed by atoms with Crippen LogP contribution in [0.15, 0.2) is 54.6 Å². The number of halogens is 3. The lowest BCUT2D eigenvalue weighted by Gasteiger charge is -2.34. The van der Waals surface area contributed by atoms with Crippen LogP contribution in [0.1, 0.15) is 21.5 Å². The Morgan fingerprint density at radius 3 is 2.00 bits per heavy atom. The van der Waals surface area contributed by atoms with Gasteiger partial charge in [0, 0.05) is 31.7 Å². The zero-order chi connectivity index (χ0) is 20.1. The number of carbonyl (C=O) groups is 2. The minimum absolute atomic E-state index is 0.171. The number of hydrogen-bond acceptors (Lipinski definition) is 3. The molecular formula is C20H19F3N2O3. The molecule has 148 valence electrons. The highest BCUT2D eigenvalue weighted by molar-refractivity contribution is 5.94. The summed E-state index contributed by atoms with van der Waals surface area (Å²) in [7, 11) is 0. The van der Waals surface area contributed by atoms with Gasteiger partial charge in [0.25, 0.3) is 5.91 Å². The van der Waals surface area contributed by atoms with Crippen LogP contribution in [-0.2, 0) is 17.5 Å². The van der Waals surface area contributed by atoms with E-state index in [-0.39, 0.29) is 18.1 Å². The monoisotopic (exact) mass is 392 g/mol. The summed E-state index contributed by atoms with van der Waals surface area (Å²) in [6.07, 6.45) is -4.89. The molecule has 1 saturated heterocycles. The van der Waals surface area contributed by atoms with Crippen molar-refractivity contribution in [2.45, 2.75) is 12.8 Å². The molecule has 3 rings (SSSR count). The van der Waals surface area contributed by atoms with E-state index >= 15 is 0 Å². The number of benzene rings is 2. The first kappa shape index (κ1) is 19.7. The van der Waals surface area contributed by atoms with Crippen molar-refractivity contribution >= 4 is 12.0 Å².